The highest BCUT2D eigenvalue weighted by Gasteiger charge is 2.26. The van der Waals surface area contributed by atoms with E-state index in [4.69, 9.17) is 9.47 Å². The average molecular weight is 294 g/mol. The van der Waals surface area contributed by atoms with Gasteiger partial charge < -0.3 is 14.6 Å². The van der Waals surface area contributed by atoms with Crippen LogP contribution in [-0.2, 0) is 16.1 Å². The van der Waals surface area contributed by atoms with Crippen LogP contribution in [0, 0.1) is 5.41 Å². The van der Waals surface area contributed by atoms with Gasteiger partial charge in [0.2, 0.25) is 0 Å². The van der Waals surface area contributed by atoms with E-state index in [1.165, 1.54) is 0 Å². The summed E-state index contributed by atoms with van der Waals surface area (Å²) in [5, 5.41) is 9.96. The number of carbonyl (C=O) groups excluding carboxylic acids is 1. The number of ketones is 1. The number of methoxy groups -OCH3 is 1. The van der Waals surface area contributed by atoms with Crippen LogP contribution in [-0.4, -0.2) is 30.2 Å². The second-order valence-corrected chi connectivity index (χ2v) is 6.35. The van der Waals surface area contributed by atoms with Gasteiger partial charge in [-0.2, -0.15) is 0 Å². The molecule has 118 valence electrons. The number of hydrogen-bond donors (Lipinski definition) is 1. The topological polar surface area (TPSA) is 55.8 Å². The lowest BCUT2D eigenvalue weighted by Crippen LogP contribution is -2.32. The van der Waals surface area contributed by atoms with E-state index >= 15 is 0 Å². The zero-order valence-corrected chi connectivity index (χ0v) is 13.6. The molecule has 0 saturated heterocycles. The normalized spacial score (nSPS) is 14.6. The number of aliphatic hydroxyl groups excluding tert-OH is 1. The van der Waals surface area contributed by atoms with Gasteiger partial charge in [0.1, 0.15) is 11.9 Å². The molecular formula is C17H26O4. The standard InChI is InChI=1S/C17H26O4/c1-12(15(18)10-16(19)17(2,3)4)21-11-13-6-8-14(20-5)9-7-13/h6-9,12,16,19H,10-11H2,1-5H3/t12-,16-/m0/s1. The Kier molecular flexibility index (Phi) is 6.37. The molecular weight excluding hydrogens is 268 g/mol. The second-order valence-electron chi connectivity index (χ2n) is 6.35. The van der Waals surface area contributed by atoms with E-state index in [1.807, 2.05) is 45.0 Å². The highest BCUT2D eigenvalue weighted by molar-refractivity contribution is 5.83. The van der Waals surface area contributed by atoms with Crippen molar-refractivity contribution in [3.05, 3.63) is 29.8 Å². The van der Waals surface area contributed by atoms with Crippen LogP contribution in [0.3, 0.4) is 0 Å². The summed E-state index contributed by atoms with van der Waals surface area (Å²) < 4.78 is 10.7. The summed E-state index contributed by atoms with van der Waals surface area (Å²) >= 11 is 0. The third-order valence-electron chi connectivity index (χ3n) is 3.51. The molecule has 0 heterocycles. The first-order valence-electron chi connectivity index (χ1n) is 7.19. The molecule has 2 atom stereocenters. The first-order valence-corrected chi connectivity index (χ1v) is 7.19. The van der Waals surface area contributed by atoms with Crippen LogP contribution in [0.4, 0.5) is 0 Å². The summed E-state index contributed by atoms with van der Waals surface area (Å²) in [6.45, 7) is 7.82. The molecule has 0 fully saturated rings. The van der Waals surface area contributed by atoms with Crippen LogP contribution in [0.15, 0.2) is 24.3 Å². The molecule has 0 unspecified atom stereocenters. The largest absolute Gasteiger partial charge is 0.497 e. The number of benzene rings is 1. The molecule has 1 N–H and O–H groups in total. The van der Waals surface area contributed by atoms with Gasteiger partial charge in [-0.05, 0) is 30.0 Å². The van der Waals surface area contributed by atoms with Crippen molar-refractivity contribution in [3.63, 3.8) is 0 Å². The maximum absolute atomic E-state index is 12.0. The third kappa shape index (κ3) is 5.86. The van der Waals surface area contributed by atoms with Gasteiger partial charge in [0, 0.05) is 6.42 Å². The van der Waals surface area contributed by atoms with Gasteiger partial charge in [0.25, 0.3) is 0 Å². The zero-order valence-electron chi connectivity index (χ0n) is 13.6. The first-order chi connectivity index (χ1) is 9.74. The fourth-order valence-electron chi connectivity index (χ4n) is 1.70. The minimum absolute atomic E-state index is 0.0778. The van der Waals surface area contributed by atoms with Crippen molar-refractivity contribution in [2.45, 2.75) is 52.9 Å². The number of rotatable bonds is 7. The monoisotopic (exact) mass is 294 g/mol. The summed E-state index contributed by atoms with van der Waals surface area (Å²) in [4.78, 5) is 12.0. The number of Topliss-reactive ketones (excluding diaryl/α,β-unsaturated/α-hetero) is 1. The highest BCUT2D eigenvalue weighted by Crippen LogP contribution is 2.22. The van der Waals surface area contributed by atoms with Crippen LogP contribution in [0.1, 0.15) is 39.7 Å². The molecule has 0 aromatic heterocycles. The molecule has 1 rings (SSSR count). The summed E-state index contributed by atoms with van der Waals surface area (Å²) in [6.07, 6.45) is -1.06. The number of ether oxygens (including phenoxy) is 2. The van der Waals surface area contributed by atoms with Gasteiger partial charge in [-0.3, -0.25) is 4.79 Å². The molecule has 21 heavy (non-hydrogen) atoms. The molecule has 0 aliphatic carbocycles. The number of aliphatic hydroxyl groups is 1. The van der Waals surface area contributed by atoms with Gasteiger partial charge in [-0.25, -0.2) is 0 Å². The van der Waals surface area contributed by atoms with E-state index in [1.54, 1.807) is 14.0 Å². The lowest BCUT2D eigenvalue weighted by Gasteiger charge is -2.26. The molecule has 4 nitrogen and oxygen atoms in total. The number of hydrogen-bond acceptors (Lipinski definition) is 4. The Labute approximate surface area is 127 Å². The van der Waals surface area contributed by atoms with Crippen LogP contribution < -0.4 is 4.74 Å². The van der Waals surface area contributed by atoms with Crippen molar-refractivity contribution in [3.8, 4) is 5.75 Å². The van der Waals surface area contributed by atoms with E-state index in [-0.39, 0.29) is 17.6 Å². The minimum atomic E-state index is -0.656. The molecule has 0 saturated carbocycles. The average Bonchev–Trinajstić information content (AvgIpc) is 2.44. The summed E-state index contributed by atoms with van der Waals surface area (Å²) in [5.74, 6) is 0.710. The van der Waals surface area contributed by atoms with Crippen LogP contribution in [0.2, 0.25) is 0 Å². The first kappa shape index (κ1) is 17.7. The van der Waals surface area contributed by atoms with Crippen LogP contribution in [0.25, 0.3) is 0 Å². The van der Waals surface area contributed by atoms with Crippen LogP contribution >= 0.6 is 0 Å². The maximum atomic E-state index is 12.0. The van der Waals surface area contributed by atoms with Crippen LogP contribution in [0.5, 0.6) is 5.75 Å². The van der Waals surface area contributed by atoms with Crippen molar-refractivity contribution < 1.29 is 19.4 Å². The fourth-order valence-corrected chi connectivity index (χ4v) is 1.70. The van der Waals surface area contributed by atoms with Crippen molar-refractivity contribution in [1.82, 2.24) is 0 Å². The van der Waals surface area contributed by atoms with Gasteiger partial charge in [0.05, 0.1) is 19.8 Å². The predicted octanol–water partition coefficient (Wildman–Crippen LogP) is 2.97. The molecule has 0 bridgehead atoms. The Morgan fingerprint density at radius 1 is 1.24 bits per heavy atom. The van der Waals surface area contributed by atoms with E-state index in [0.29, 0.717) is 6.61 Å². The highest BCUT2D eigenvalue weighted by atomic mass is 16.5. The molecule has 1 aromatic rings. The molecule has 0 spiro atoms. The SMILES string of the molecule is COc1ccc(CO[C@@H](C)C(=O)C[C@H](O)C(C)(C)C)cc1. The van der Waals surface area contributed by atoms with E-state index in [9.17, 15) is 9.90 Å². The van der Waals surface area contributed by atoms with Gasteiger partial charge in [-0.15, -0.1) is 0 Å². The minimum Gasteiger partial charge on any atom is -0.497 e. The Bertz CT molecular complexity index is 445. The molecule has 0 aliphatic heterocycles. The van der Waals surface area contributed by atoms with Crippen molar-refractivity contribution in [2.24, 2.45) is 5.41 Å². The lowest BCUT2D eigenvalue weighted by molar-refractivity contribution is -0.133. The van der Waals surface area contributed by atoms with Crippen molar-refractivity contribution in [2.75, 3.05) is 7.11 Å². The van der Waals surface area contributed by atoms with Crippen molar-refractivity contribution in [1.29, 1.82) is 0 Å². The predicted molar refractivity (Wildman–Crippen MR) is 82.3 cm³/mol. The molecule has 4 heteroatoms. The lowest BCUT2D eigenvalue weighted by atomic mass is 9.86. The smallest absolute Gasteiger partial charge is 0.163 e. The zero-order chi connectivity index (χ0) is 16.0. The number of carbonyl (C=O) groups is 1. The van der Waals surface area contributed by atoms with E-state index < -0.39 is 12.2 Å². The summed E-state index contributed by atoms with van der Waals surface area (Å²) in [7, 11) is 1.62. The maximum Gasteiger partial charge on any atom is 0.163 e. The van der Waals surface area contributed by atoms with E-state index in [2.05, 4.69) is 0 Å². The summed E-state index contributed by atoms with van der Waals surface area (Å²) in [6, 6.07) is 7.52. The summed E-state index contributed by atoms with van der Waals surface area (Å²) in [5.41, 5.74) is 0.678. The van der Waals surface area contributed by atoms with Gasteiger partial charge >= 0.3 is 0 Å². The quantitative estimate of drug-likeness (QED) is 0.840. The fraction of sp³-hybridized carbons (Fsp3) is 0.588. The molecule has 0 radical (unpaired) electrons. The Morgan fingerprint density at radius 2 is 1.81 bits per heavy atom. The molecule has 0 amide bonds. The molecule has 0 aliphatic rings. The Morgan fingerprint density at radius 3 is 2.29 bits per heavy atom. The Balaban J connectivity index is 2.45. The van der Waals surface area contributed by atoms with Gasteiger partial charge in [0.15, 0.2) is 5.78 Å². The molecule has 1 aromatic carbocycles. The van der Waals surface area contributed by atoms with E-state index in [0.717, 1.165) is 11.3 Å². The third-order valence-corrected chi connectivity index (χ3v) is 3.51. The van der Waals surface area contributed by atoms with Crippen molar-refractivity contribution >= 4 is 5.78 Å². The Hall–Kier alpha value is -1.39. The van der Waals surface area contributed by atoms with Gasteiger partial charge in [-0.1, -0.05) is 32.9 Å². The second kappa shape index (κ2) is 7.57.